The number of nitrogens with two attached hydrogens (primary N) is 1. The van der Waals surface area contributed by atoms with Crippen molar-refractivity contribution in [2.45, 2.75) is 0 Å². The molecule has 4 nitrogen and oxygen atoms in total. The maximum atomic E-state index is 12.2. The Kier molecular flexibility index (Phi) is 5.74. The van der Waals surface area contributed by atoms with Gasteiger partial charge >= 0.3 is 0 Å². The molecule has 0 saturated carbocycles. The van der Waals surface area contributed by atoms with Crippen LogP contribution < -0.4 is 15.8 Å². The summed E-state index contributed by atoms with van der Waals surface area (Å²) in [4.78, 5) is 13.1. The number of carbonyl (C=O) groups is 1. The predicted octanol–water partition coefficient (Wildman–Crippen LogP) is 4.19. The molecule has 1 heterocycles. The van der Waals surface area contributed by atoms with E-state index < -0.39 is 0 Å². The number of nitrogens with one attached hydrogen (secondary N) is 1. The van der Waals surface area contributed by atoms with Crippen LogP contribution in [0.2, 0.25) is 0 Å². The zero-order valence-electron chi connectivity index (χ0n) is 10.6. The lowest BCUT2D eigenvalue weighted by Crippen LogP contribution is -2.19. The Balaban J connectivity index is 2.15. The molecule has 3 N–H and O–H groups in total. The van der Waals surface area contributed by atoms with Gasteiger partial charge in [-0.2, -0.15) is 0 Å². The number of carbonyl (C=O) groups excluding carboxylic acids is 1. The first kappa shape index (κ1) is 16.4. The van der Waals surface area contributed by atoms with Gasteiger partial charge in [0.15, 0.2) is 0 Å². The summed E-state index contributed by atoms with van der Waals surface area (Å²) in [6.45, 7) is 0.123. The molecule has 0 aliphatic carbocycles. The molecule has 110 valence electrons. The van der Waals surface area contributed by atoms with Gasteiger partial charge in [-0.15, -0.1) is 11.3 Å². The topological polar surface area (TPSA) is 64.3 Å². The molecule has 0 atom stereocenters. The van der Waals surface area contributed by atoms with E-state index in [4.69, 9.17) is 22.7 Å². The Hall–Kier alpha value is -0.960. The van der Waals surface area contributed by atoms with Crippen LogP contribution in [0.5, 0.6) is 5.75 Å². The van der Waals surface area contributed by atoms with Crippen molar-refractivity contribution in [3.8, 4) is 5.75 Å². The monoisotopic (exact) mass is 448 g/mol. The van der Waals surface area contributed by atoms with E-state index in [-0.39, 0.29) is 17.5 Å². The van der Waals surface area contributed by atoms with Crippen molar-refractivity contribution in [3.05, 3.63) is 43.5 Å². The number of anilines is 1. The molecule has 0 aliphatic heterocycles. The molecule has 8 heteroatoms. The van der Waals surface area contributed by atoms with Crippen LogP contribution >= 0.6 is 55.4 Å². The zero-order chi connectivity index (χ0) is 15.4. The van der Waals surface area contributed by atoms with Crippen molar-refractivity contribution in [1.82, 2.24) is 0 Å². The first-order chi connectivity index (χ1) is 9.97. The van der Waals surface area contributed by atoms with Crippen molar-refractivity contribution in [3.63, 3.8) is 0 Å². The number of halogens is 2. The Bertz CT molecular complexity index is 669. The van der Waals surface area contributed by atoms with Crippen LogP contribution in [-0.4, -0.2) is 17.5 Å². The van der Waals surface area contributed by atoms with Crippen LogP contribution in [0.25, 0.3) is 0 Å². The quantitative estimate of drug-likeness (QED) is 0.671. The summed E-state index contributed by atoms with van der Waals surface area (Å²) in [6.07, 6.45) is 0. The molecule has 0 bridgehead atoms. The van der Waals surface area contributed by atoms with Gasteiger partial charge in [0.25, 0.3) is 5.91 Å². The van der Waals surface area contributed by atoms with Crippen molar-refractivity contribution in [2.24, 2.45) is 5.73 Å². The van der Waals surface area contributed by atoms with E-state index >= 15 is 0 Å². The number of rotatable bonds is 5. The van der Waals surface area contributed by atoms with E-state index in [1.54, 1.807) is 18.2 Å². The summed E-state index contributed by atoms with van der Waals surface area (Å²) in [6, 6.07) is 8.87. The highest BCUT2D eigenvalue weighted by molar-refractivity contribution is 9.13. The molecule has 0 spiro atoms. The maximum absolute atomic E-state index is 12.2. The molecule has 0 aliphatic rings. The smallest absolute Gasteiger partial charge is 0.265 e. The van der Waals surface area contributed by atoms with Crippen LogP contribution in [0.1, 0.15) is 9.67 Å². The van der Waals surface area contributed by atoms with Gasteiger partial charge in [-0.05, 0) is 50.1 Å². The minimum absolute atomic E-state index is 0.123. The molecule has 0 radical (unpaired) electrons. The van der Waals surface area contributed by atoms with Crippen LogP contribution in [0.3, 0.4) is 0 Å². The second kappa shape index (κ2) is 7.35. The third kappa shape index (κ3) is 4.50. The second-order valence-corrected chi connectivity index (χ2v) is 7.69. The summed E-state index contributed by atoms with van der Waals surface area (Å²) < 4.78 is 7.18. The second-order valence-electron chi connectivity index (χ2n) is 3.94. The van der Waals surface area contributed by atoms with Crippen LogP contribution in [0.4, 0.5) is 5.69 Å². The molecule has 2 aromatic rings. The fraction of sp³-hybridized carbons (Fsp3) is 0.0769. The summed E-state index contributed by atoms with van der Waals surface area (Å²) in [5.41, 5.74) is 5.98. The zero-order valence-corrected chi connectivity index (χ0v) is 15.4. The van der Waals surface area contributed by atoms with Gasteiger partial charge in [0.1, 0.15) is 17.3 Å². The molecular weight excluding hydrogens is 440 g/mol. The first-order valence-electron chi connectivity index (χ1n) is 5.73. The van der Waals surface area contributed by atoms with Crippen LogP contribution in [0.15, 0.2) is 38.6 Å². The van der Waals surface area contributed by atoms with E-state index in [1.807, 2.05) is 12.1 Å². The van der Waals surface area contributed by atoms with Crippen LogP contribution in [-0.2, 0) is 0 Å². The Morgan fingerprint density at radius 2 is 2.10 bits per heavy atom. The summed E-state index contributed by atoms with van der Waals surface area (Å²) in [5.74, 6) is 0.311. The lowest BCUT2D eigenvalue weighted by atomic mass is 10.3. The number of thiocarbonyl (C=S) groups is 1. The molecule has 2 rings (SSSR count). The first-order valence-corrected chi connectivity index (χ1v) is 8.54. The highest BCUT2D eigenvalue weighted by Gasteiger charge is 2.14. The van der Waals surface area contributed by atoms with Crippen LogP contribution in [0, 0.1) is 0 Å². The van der Waals surface area contributed by atoms with Gasteiger partial charge in [-0.25, -0.2) is 0 Å². The fourth-order valence-corrected chi connectivity index (χ4v) is 3.48. The van der Waals surface area contributed by atoms with Gasteiger partial charge in [0.2, 0.25) is 0 Å². The van der Waals surface area contributed by atoms with E-state index in [0.29, 0.717) is 16.3 Å². The van der Waals surface area contributed by atoms with E-state index in [2.05, 4.69) is 37.2 Å². The minimum atomic E-state index is -0.210. The van der Waals surface area contributed by atoms with E-state index in [0.717, 1.165) is 8.26 Å². The fourth-order valence-electron chi connectivity index (χ4n) is 1.49. The number of thiophene rings is 1. The summed E-state index contributed by atoms with van der Waals surface area (Å²) >= 11 is 12.8. The largest absolute Gasteiger partial charge is 0.484 e. The Labute approximate surface area is 147 Å². The molecule has 1 aromatic carbocycles. The molecule has 21 heavy (non-hydrogen) atoms. The average molecular weight is 450 g/mol. The summed E-state index contributed by atoms with van der Waals surface area (Å²) in [7, 11) is 0. The molecule has 0 unspecified atom stereocenters. The number of hydrogen-bond acceptors (Lipinski definition) is 4. The number of hydrogen-bond donors (Lipinski definition) is 2. The highest BCUT2D eigenvalue weighted by atomic mass is 79.9. The minimum Gasteiger partial charge on any atom is -0.484 e. The maximum Gasteiger partial charge on any atom is 0.265 e. The number of para-hydroxylation sites is 2. The van der Waals surface area contributed by atoms with Gasteiger partial charge < -0.3 is 15.8 Å². The molecule has 0 fully saturated rings. The normalized spacial score (nSPS) is 10.2. The Morgan fingerprint density at radius 3 is 2.71 bits per heavy atom. The third-order valence-electron chi connectivity index (χ3n) is 2.37. The number of benzene rings is 1. The van der Waals surface area contributed by atoms with Crippen molar-refractivity contribution in [1.29, 1.82) is 0 Å². The molecule has 0 saturated heterocycles. The van der Waals surface area contributed by atoms with Crippen molar-refractivity contribution in [2.75, 3.05) is 11.9 Å². The third-order valence-corrected chi connectivity index (χ3v) is 5.75. The molecule has 1 aromatic heterocycles. The van der Waals surface area contributed by atoms with Crippen molar-refractivity contribution < 1.29 is 9.53 Å². The lowest BCUT2D eigenvalue weighted by Gasteiger charge is -2.11. The highest BCUT2D eigenvalue weighted by Crippen LogP contribution is 2.33. The SMILES string of the molecule is NC(=S)COc1ccccc1NC(=O)c1cc(Br)c(Br)s1. The van der Waals surface area contributed by atoms with Gasteiger partial charge in [-0.1, -0.05) is 24.4 Å². The van der Waals surface area contributed by atoms with E-state index in [9.17, 15) is 4.79 Å². The lowest BCUT2D eigenvalue weighted by molar-refractivity contribution is 0.103. The molecular formula is C13H10Br2N2O2S2. The standard InChI is InChI=1S/C13H10Br2N2O2S2/c14-7-5-10(21-12(7)15)13(18)17-8-3-1-2-4-9(8)19-6-11(16)20/h1-5H,6H2,(H2,16,20)(H,17,18). The van der Waals surface area contributed by atoms with Gasteiger partial charge in [0, 0.05) is 4.47 Å². The number of ether oxygens (including phenoxy) is 1. The Morgan fingerprint density at radius 1 is 1.38 bits per heavy atom. The van der Waals surface area contributed by atoms with E-state index in [1.165, 1.54) is 11.3 Å². The van der Waals surface area contributed by atoms with Crippen molar-refractivity contribution >= 4 is 72.0 Å². The van der Waals surface area contributed by atoms with Gasteiger partial charge in [-0.3, -0.25) is 4.79 Å². The molecule has 1 amide bonds. The predicted molar refractivity (Wildman–Crippen MR) is 96.4 cm³/mol. The average Bonchev–Trinajstić information content (AvgIpc) is 2.78. The summed E-state index contributed by atoms with van der Waals surface area (Å²) in [5, 5.41) is 2.81. The van der Waals surface area contributed by atoms with Gasteiger partial charge in [0.05, 0.1) is 14.4 Å². The number of amides is 1.